The fourth-order valence-corrected chi connectivity index (χ4v) is 2.91. The van der Waals surface area contributed by atoms with Gasteiger partial charge in [-0.15, -0.1) is 0 Å². The van der Waals surface area contributed by atoms with E-state index in [-0.39, 0.29) is 0 Å². The van der Waals surface area contributed by atoms with Crippen molar-refractivity contribution in [1.29, 1.82) is 0 Å². The molecule has 0 spiro atoms. The van der Waals surface area contributed by atoms with Crippen LogP contribution in [-0.2, 0) is 26.2 Å². The largest absolute Gasteiger partial charge is 0.496 e. The Morgan fingerprint density at radius 2 is 1.84 bits per heavy atom. The van der Waals surface area contributed by atoms with E-state index in [9.17, 15) is 0 Å². The van der Waals surface area contributed by atoms with Crippen LogP contribution in [0.25, 0.3) is 0 Å². The van der Waals surface area contributed by atoms with E-state index >= 15 is 0 Å². The van der Waals surface area contributed by atoms with Crippen LogP contribution in [0.5, 0.6) is 5.75 Å². The molecule has 3 rings (SSSR count). The minimum atomic E-state index is 0.802. The average molecular weight is 336 g/mol. The molecule has 25 heavy (non-hydrogen) atoms. The Morgan fingerprint density at radius 3 is 2.56 bits per heavy atom. The van der Waals surface area contributed by atoms with E-state index in [2.05, 4.69) is 46.3 Å². The second-order valence-electron chi connectivity index (χ2n) is 6.02. The molecule has 0 N–H and O–H groups in total. The van der Waals surface area contributed by atoms with E-state index in [1.165, 1.54) is 16.7 Å². The highest BCUT2D eigenvalue weighted by molar-refractivity contribution is 5.33. The van der Waals surface area contributed by atoms with Gasteiger partial charge in [-0.2, -0.15) is 5.10 Å². The minimum absolute atomic E-state index is 0.802. The first kappa shape index (κ1) is 17.2. The van der Waals surface area contributed by atoms with Gasteiger partial charge in [-0.3, -0.25) is 14.6 Å². The van der Waals surface area contributed by atoms with Gasteiger partial charge in [0.1, 0.15) is 5.75 Å². The standard InChI is InChI=1S/C20H24N4O/c1-3-24-15-18(12-22-24)14-23(13-17-7-6-10-21-11-17)16-19-8-4-5-9-20(19)25-2/h4-12,15H,3,13-14,16H2,1-2H3. The van der Waals surface area contributed by atoms with Crippen LogP contribution in [0, 0.1) is 0 Å². The maximum atomic E-state index is 5.51. The molecular weight excluding hydrogens is 312 g/mol. The van der Waals surface area contributed by atoms with Crippen LogP contribution in [0.4, 0.5) is 0 Å². The summed E-state index contributed by atoms with van der Waals surface area (Å²) in [5, 5.41) is 4.39. The molecule has 0 amide bonds. The highest BCUT2D eigenvalue weighted by atomic mass is 16.5. The van der Waals surface area contributed by atoms with Crippen LogP contribution in [0.1, 0.15) is 23.6 Å². The van der Waals surface area contributed by atoms with Gasteiger partial charge < -0.3 is 4.74 Å². The van der Waals surface area contributed by atoms with Gasteiger partial charge in [0.05, 0.1) is 13.3 Å². The van der Waals surface area contributed by atoms with E-state index in [1.54, 1.807) is 13.3 Å². The Balaban J connectivity index is 1.80. The van der Waals surface area contributed by atoms with Gasteiger partial charge in [0.25, 0.3) is 0 Å². The number of aryl methyl sites for hydroxylation is 1. The minimum Gasteiger partial charge on any atom is -0.496 e. The third-order valence-corrected chi connectivity index (χ3v) is 4.13. The highest BCUT2D eigenvalue weighted by Gasteiger charge is 2.12. The lowest BCUT2D eigenvalue weighted by Gasteiger charge is -2.23. The molecule has 0 fully saturated rings. The molecule has 0 saturated heterocycles. The molecule has 2 aromatic heterocycles. The first-order valence-corrected chi connectivity index (χ1v) is 8.53. The van der Waals surface area contributed by atoms with Crippen LogP contribution >= 0.6 is 0 Å². The molecule has 2 heterocycles. The maximum absolute atomic E-state index is 5.51. The van der Waals surface area contributed by atoms with Gasteiger partial charge in [-0.1, -0.05) is 24.3 Å². The Kier molecular flexibility index (Phi) is 5.80. The van der Waals surface area contributed by atoms with E-state index < -0.39 is 0 Å². The number of hydrogen-bond acceptors (Lipinski definition) is 4. The Labute approximate surface area is 148 Å². The first-order chi connectivity index (χ1) is 12.3. The van der Waals surface area contributed by atoms with Crippen molar-refractivity contribution in [1.82, 2.24) is 19.7 Å². The molecule has 0 unspecified atom stereocenters. The number of para-hydroxylation sites is 1. The molecule has 3 aromatic rings. The number of ether oxygens (including phenoxy) is 1. The summed E-state index contributed by atoms with van der Waals surface area (Å²) in [5.41, 5.74) is 3.58. The number of nitrogens with zero attached hydrogens (tertiary/aromatic N) is 4. The van der Waals surface area contributed by atoms with Crippen molar-refractivity contribution >= 4 is 0 Å². The van der Waals surface area contributed by atoms with Gasteiger partial charge in [0.15, 0.2) is 0 Å². The molecule has 0 aliphatic heterocycles. The zero-order chi connectivity index (χ0) is 17.5. The van der Waals surface area contributed by atoms with Crippen molar-refractivity contribution in [3.8, 4) is 5.75 Å². The molecule has 0 radical (unpaired) electrons. The summed E-state index contributed by atoms with van der Waals surface area (Å²) in [4.78, 5) is 6.62. The molecular formula is C20H24N4O. The van der Waals surface area contributed by atoms with Crippen molar-refractivity contribution < 1.29 is 4.74 Å². The molecule has 5 heteroatoms. The second kappa shape index (κ2) is 8.44. The van der Waals surface area contributed by atoms with Crippen LogP contribution in [0.3, 0.4) is 0 Å². The van der Waals surface area contributed by atoms with Crippen molar-refractivity contribution in [2.75, 3.05) is 7.11 Å². The molecule has 0 saturated carbocycles. The smallest absolute Gasteiger partial charge is 0.123 e. The number of benzene rings is 1. The van der Waals surface area contributed by atoms with Crippen molar-refractivity contribution in [3.05, 3.63) is 77.9 Å². The third-order valence-electron chi connectivity index (χ3n) is 4.13. The summed E-state index contributed by atoms with van der Waals surface area (Å²) in [7, 11) is 1.72. The predicted octanol–water partition coefficient (Wildman–Crippen LogP) is 3.51. The summed E-state index contributed by atoms with van der Waals surface area (Å²) in [6, 6.07) is 12.3. The quantitative estimate of drug-likeness (QED) is 0.631. The van der Waals surface area contributed by atoms with E-state index in [1.807, 2.05) is 35.3 Å². The van der Waals surface area contributed by atoms with Gasteiger partial charge in [-0.25, -0.2) is 0 Å². The molecule has 5 nitrogen and oxygen atoms in total. The number of pyridine rings is 1. The Morgan fingerprint density at radius 1 is 1.00 bits per heavy atom. The summed E-state index contributed by atoms with van der Waals surface area (Å²) in [5.74, 6) is 0.919. The van der Waals surface area contributed by atoms with Crippen LogP contribution in [0.2, 0.25) is 0 Å². The average Bonchev–Trinajstić information content (AvgIpc) is 3.10. The zero-order valence-corrected chi connectivity index (χ0v) is 14.8. The summed E-state index contributed by atoms with van der Waals surface area (Å²) >= 11 is 0. The normalized spacial score (nSPS) is 11.0. The number of aromatic nitrogens is 3. The van der Waals surface area contributed by atoms with Crippen LogP contribution in [-0.4, -0.2) is 26.8 Å². The van der Waals surface area contributed by atoms with E-state index in [4.69, 9.17) is 4.74 Å². The summed E-state index contributed by atoms with van der Waals surface area (Å²) in [6.45, 7) is 5.43. The summed E-state index contributed by atoms with van der Waals surface area (Å²) in [6.07, 6.45) is 7.78. The zero-order valence-electron chi connectivity index (χ0n) is 14.8. The highest BCUT2D eigenvalue weighted by Crippen LogP contribution is 2.21. The molecule has 130 valence electrons. The first-order valence-electron chi connectivity index (χ1n) is 8.53. The van der Waals surface area contributed by atoms with Gasteiger partial charge in [-0.05, 0) is 24.6 Å². The van der Waals surface area contributed by atoms with E-state index in [0.717, 1.165) is 31.9 Å². The van der Waals surface area contributed by atoms with Crippen LogP contribution in [0.15, 0.2) is 61.2 Å². The van der Waals surface area contributed by atoms with Crippen LogP contribution < -0.4 is 4.74 Å². The molecule has 0 bridgehead atoms. The molecule has 0 atom stereocenters. The lowest BCUT2D eigenvalue weighted by molar-refractivity contribution is 0.243. The fourth-order valence-electron chi connectivity index (χ4n) is 2.91. The van der Waals surface area contributed by atoms with Crippen molar-refractivity contribution in [2.45, 2.75) is 33.1 Å². The monoisotopic (exact) mass is 336 g/mol. The fraction of sp³-hybridized carbons (Fsp3) is 0.300. The van der Waals surface area contributed by atoms with E-state index in [0.29, 0.717) is 0 Å². The maximum Gasteiger partial charge on any atom is 0.123 e. The van der Waals surface area contributed by atoms with Crippen molar-refractivity contribution in [2.24, 2.45) is 0 Å². The lowest BCUT2D eigenvalue weighted by Crippen LogP contribution is -2.22. The topological polar surface area (TPSA) is 43.2 Å². The second-order valence-corrected chi connectivity index (χ2v) is 6.02. The van der Waals surface area contributed by atoms with Gasteiger partial charge in [0, 0.05) is 55.9 Å². The molecule has 0 aliphatic rings. The Hall–Kier alpha value is -2.66. The van der Waals surface area contributed by atoms with Gasteiger partial charge in [0.2, 0.25) is 0 Å². The number of rotatable bonds is 8. The van der Waals surface area contributed by atoms with Gasteiger partial charge >= 0.3 is 0 Å². The lowest BCUT2D eigenvalue weighted by atomic mass is 10.1. The predicted molar refractivity (Wildman–Crippen MR) is 98.1 cm³/mol. The Bertz CT molecular complexity index is 785. The number of hydrogen-bond donors (Lipinski definition) is 0. The van der Waals surface area contributed by atoms with Crippen molar-refractivity contribution in [3.63, 3.8) is 0 Å². The third kappa shape index (κ3) is 4.67. The molecule has 1 aromatic carbocycles. The molecule has 0 aliphatic carbocycles. The number of methoxy groups -OCH3 is 1. The SMILES string of the molecule is CCn1cc(CN(Cc2cccnc2)Cc2ccccc2OC)cn1. The summed E-state index contributed by atoms with van der Waals surface area (Å²) < 4.78 is 7.47.